The molecular formula is C30H33N7O3. The highest BCUT2D eigenvalue weighted by Gasteiger charge is 2.24. The van der Waals surface area contributed by atoms with Crippen molar-refractivity contribution in [3.63, 3.8) is 0 Å². The number of nitrogens with zero attached hydrogens (tertiary/aromatic N) is 6. The maximum Gasteiger partial charge on any atom is 0.249 e. The predicted octanol–water partition coefficient (Wildman–Crippen LogP) is 3.05. The molecule has 0 radical (unpaired) electrons. The van der Waals surface area contributed by atoms with E-state index in [1.54, 1.807) is 28.8 Å². The Kier molecular flexibility index (Phi) is 7.77. The molecule has 1 saturated heterocycles. The first kappa shape index (κ1) is 26.9. The van der Waals surface area contributed by atoms with Gasteiger partial charge in [0.2, 0.25) is 17.7 Å². The van der Waals surface area contributed by atoms with Gasteiger partial charge in [0.05, 0.1) is 17.5 Å². The molecule has 0 aliphatic carbocycles. The first-order valence-corrected chi connectivity index (χ1v) is 13.4. The maximum absolute atomic E-state index is 12.8. The number of amides is 3. The number of piperazine rings is 1. The molecule has 0 saturated carbocycles. The van der Waals surface area contributed by atoms with Crippen LogP contribution >= 0.6 is 0 Å². The molecule has 4 aromatic rings. The lowest BCUT2D eigenvalue weighted by Gasteiger charge is -2.34. The first-order valence-electron chi connectivity index (χ1n) is 13.4. The van der Waals surface area contributed by atoms with Crippen molar-refractivity contribution in [2.45, 2.75) is 26.2 Å². The van der Waals surface area contributed by atoms with Crippen molar-refractivity contribution in [1.82, 2.24) is 29.1 Å². The van der Waals surface area contributed by atoms with Gasteiger partial charge in [0, 0.05) is 75.8 Å². The lowest BCUT2D eigenvalue weighted by molar-refractivity contribution is -0.138. The molecule has 2 aromatic carbocycles. The van der Waals surface area contributed by atoms with Crippen molar-refractivity contribution in [3.8, 4) is 28.2 Å². The zero-order valence-corrected chi connectivity index (χ0v) is 22.8. The molecule has 206 valence electrons. The average molecular weight is 540 g/mol. The summed E-state index contributed by atoms with van der Waals surface area (Å²) in [6.45, 7) is 3.83. The Hall–Kier alpha value is -4.73. The predicted molar refractivity (Wildman–Crippen MR) is 151 cm³/mol. The fourth-order valence-corrected chi connectivity index (χ4v) is 5.16. The molecule has 5 rings (SSSR count). The molecule has 0 atom stereocenters. The zero-order chi connectivity index (χ0) is 28.2. The minimum Gasteiger partial charge on any atom is -0.366 e. The number of rotatable bonds is 8. The van der Waals surface area contributed by atoms with Crippen LogP contribution in [0.1, 0.15) is 35.8 Å². The number of primary amides is 1. The van der Waals surface area contributed by atoms with E-state index in [2.05, 4.69) is 5.10 Å². The third kappa shape index (κ3) is 5.66. The third-order valence-electron chi connectivity index (χ3n) is 7.26. The van der Waals surface area contributed by atoms with Crippen LogP contribution in [0, 0.1) is 0 Å². The second kappa shape index (κ2) is 11.6. The normalized spacial score (nSPS) is 13.4. The Balaban J connectivity index is 1.44. The molecule has 1 aliphatic heterocycles. The number of aromatic nitrogens is 4. The van der Waals surface area contributed by atoms with E-state index in [4.69, 9.17) is 10.7 Å². The number of hydrogen-bond donors (Lipinski definition) is 1. The summed E-state index contributed by atoms with van der Waals surface area (Å²) in [5.74, 6) is 0.187. The average Bonchev–Trinajstić information content (AvgIpc) is 3.59. The van der Waals surface area contributed by atoms with E-state index in [-0.39, 0.29) is 11.8 Å². The summed E-state index contributed by atoms with van der Waals surface area (Å²) in [7, 11) is 1.84. The summed E-state index contributed by atoms with van der Waals surface area (Å²) in [5, 5.41) is 4.31. The van der Waals surface area contributed by atoms with E-state index >= 15 is 0 Å². The molecule has 3 heterocycles. The molecule has 2 N–H and O–H groups in total. The molecule has 40 heavy (non-hydrogen) atoms. The van der Waals surface area contributed by atoms with E-state index in [9.17, 15) is 14.4 Å². The third-order valence-corrected chi connectivity index (χ3v) is 7.26. The van der Waals surface area contributed by atoms with E-state index in [1.165, 1.54) is 0 Å². The van der Waals surface area contributed by atoms with Crippen LogP contribution in [0.15, 0.2) is 67.1 Å². The second-order valence-electron chi connectivity index (χ2n) is 10.00. The Morgan fingerprint density at radius 1 is 0.925 bits per heavy atom. The molecular weight excluding hydrogens is 506 g/mol. The van der Waals surface area contributed by atoms with Crippen molar-refractivity contribution >= 4 is 17.7 Å². The van der Waals surface area contributed by atoms with Gasteiger partial charge < -0.3 is 15.5 Å². The minimum atomic E-state index is -0.541. The van der Waals surface area contributed by atoms with Crippen LogP contribution in [0.2, 0.25) is 0 Å². The van der Waals surface area contributed by atoms with Crippen LogP contribution in [0.4, 0.5) is 0 Å². The van der Waals surface area contributed by atoms with Crippen LogP contribution in [0.25, 0.3) is 28.2 Å². The summed E-state index contributed by atoms with van der Waals surface area (Å²) >= 11 is 0. The summed E-state index contributed by atoms with van der Waals surface area (Å²) < 4.78 is 3.68. The van der Waals surface area contributed by atoms with Gasteiger partial charge >= 0.3 is 0 Å². The number of hydrogen-bond acceptors (Lipinski definition) is 5. The van der Waals surface area contributed by atoms with Crippen LogP contribution in [0.5, 0.6) is 0 Å². The fourth-order valence-electron chi connectivity index (χ4n) is 5.16. The summed E-state index contributed by atoms with van der Waals surface area (Å²) in [6, 6.07) is 15.3. The minimum absolute atomic E-state index is 0.0431. The topological polar surface area (TPSA) is 119 Å². The summed E-state index contributed by atoms with van der Waals surface area (Å²) in [6.07, 6.45) is 7.22. The second-order valence-corrected chi connectivity index (χ2v) is 10.00. The van der Waals surface area contributed by atoms with Gasteiger partial charge in [0.1, 0.15) is 5.82 Å². The van der Waals surface area contributed by atoms with E-state index < -0.39 is 5.91 Å². The molecule has 0 spiro atoms. The van der Waals surface area contributed by atoms with Crippen LogP contribution in [-0.2, 0) is 23.1 Å². The van der Waals surface area contributed by atoms with Crippen LogP contribution < -0.4 is 5.73 Å². The van der Waals surface area contributed by atoms with Gasteiger partial charge in [-0.15, -0.1) is 0 Å². The number of benzene rings is 2. The first-order chi connectivity index (χ1) is 19.3. The largest absolute Gasteiger partial charge is 0.366 e. The van der Waals surface area contributed by atoms with Gasteiger partial charge in [0.25, 0.3) is 0 Å². The number of carbonyl (C=O) groups is 3. The SMILES string of the molecule is CC(=O)N1CCN(C(=O)CCCc2cn(-c3ccccc3)c(-c3c(C(N)=O)cccc3-c3cnn(C)c3)n2)CC1. The smallest absolute Gasteiger partial charge is 0.249 e. The molecule has 0 unspecified atom stereocenters. The summed E-state index contributed by atoms with van der Waals surface area (Å²) in [5.41, 5.74) is 10.2. The van der Waals surface area contributed by atoms with Gasteiger partial charge in [-0.05, 0) is 36.6 Å². The van der Waals surface area contributed by atoms with Gasteiger partial charge in [-0.2, -0.15) is 5.10 Å². The highest BCUT2D eigenvalue weighted by molar-refractivity contribution is 6.03. The monoisotopic (exact) mass is 539 g/mol. The number of carbonyl (C=O) groups excluding carboxylic acids is 3. The number of imidazole rings is 1. The highest BCUT2D eigenvalue weighted by atomic mass is 16.2. The van der Waals surface area contributed by atoms with Gasteiger partial charge in [-0.25, -0.2) is 4.98 Å². The highest BCUT2D eigenvalue weighted by Crippen LogP contribution is 2.36. The van der Waals surface area contributed by atoms with Crippen molar-refractivity contribution < 1.29 is 14.4 Å². The molecule has 2 aromatic heterocycles. The Bertz CT molecular complexity index is 1530. The number of para-hydroxylation sites is 1. The lowest BCUT2D eigenvalue weighted by Crippen LogP contribution is -2.50. The molecule has 10 nitrogen and oxygen atoms in total. The lowest BCUT2D eigenvalue weighted by atomic mass is 9.96. The van der Waals surface area contributed by atoms with Crippen LogP contribution in [-0.4, -0.2) is 73.0 Å². The molecule has 1 fully saturated rings. The quantitative estimate of drug-likeness (QED) is 0.369. The molecule has 0 bridgehead atoms. The van der Waals surface area contributed by atoms with E-state index in [0.717, 1.165) is 22.5 Å². The fraction of sp³-hybridized carbons (Fsp3) is 0.300. The van der Waals surface area contributed by atoms with Crippen molar-refractivity contribution in [3.05, 3.63) is 78.4 Å². The zero-order valence-electron chi connectivity index (χ0n) is 22.8. The maximum atomic E-state index is 12.8. The van der Waals surface area contributed by atoms with Crippen molar-refractivity contribution in [1.29, 1.82) is 0 Å². The van der Waals surface area contributed by atoms with Crippen LogP contribution in [0.3, 0.4) is 0 Å². The Labute approximate surface area is 233 Å². The standard InChI is InChI=1S/C30H33N7O3/c1-21(38)35-14-16-36(17-15-35)27(39)13-6-8-23-20-37(24-9-4-3-5-10-24)30(33-23)28-25(22-18-32-34(2)19-22)11-7-12-26(28)29(31)40/h3-5,7,9-12,18-20H,6,8,13-17H2,1-2H3,(H2,31,40). The molecule has 10 heteroatoms. The van der Waals surface area contributed by atoms with Gasteiger partial charge in [-0.1, -0.05) is 30.3 Å². The number of nitrogens with two attached hydrogens (primary N) is 1. The summed E-state index contributed by atoms with van der Waals surface area (Å²) in [4.78, 5) is 45.6. The molecule has 3 amide bonds. The van der Waals surface area contributed by atoms with Crippen molar-refractivity contribution in [2.75, 3.05) is 26.2 Å². The Morgan fingerprint density at radius 3 is 2.30 bits per heavy atom. The molecule has 1 aliphatic rings. The Morgan fingerprint density at radius 2 is 1.65 bits per heavy atom. The van der Waals surface area contributed by atoms with E-state index in [0.29, 0.717) is 62.4 Å². The van der Waals surface area contributed by atoms with Crippen molar-refractivity contribution in [2.24, 2.45) is 12.8 Å². The van der Waals surface area contributed by atoms with Gasteiger partial charge in [-0.3, -0.25) is 23.6 Å². The van der Waals surface area contributed by atoms with Gasteiger partial charge in [0.15, 0.2) is 0 Å². The number of aryl methyl sites for hydroxylation is 2. The van der Waals surface area contributed by atoms with E-state index in [1.807, 2.05) is 71.4 Å².